The van der Waals surface area contributed by atoms with Crippen LogP contribution in [0, 0.1) is 0 Å². The Hall–Kier alpha value is -2.12. The Morgan fingerprint density at radius 1 is 1.15 bits per heavy atom. The van der Waals surface area contributed by atoms with Crippen LogP contribution in [0.2, 0.25) is 0 Å². The highest BCUT2D eigenvalue weighted by Gasteiger charge is 2.28. The van der Waals surface area contributed by atoms with Crippen LogP contribution < -0.4 is 14.8 Å². The van der Waals surface area contributed by atoms with E-state index in [1.54, 1.807) is 43.5 Å². The Bertz CT molecular complexity index is 857. The van der Waals surface area contributed by atoms with Crippen LogP contribution in [0.3, 0.4) is 0 Å². The Labute approximate surface area is 153 Å². The third kappa shape index (κ3) is 3.99. The van der Waals surface area contributed by atoms with Gasteiger partial charge in [0.2, 0.25) is 0 Å². The molecule has 0 radical (unpaired) electrons. The van der Waals surface area contributed by atoms with Crippen molar-refractivity contribution >= 4 is 15.7 Å². The molecule has 1 atom stereocenters. The monoisotopic (exact) mass is 378 g/mol. The van der Waals surface area contributed by atoms with Crippen LogP contribution >= 0.6 is 0 Å². The topological polar surface area (TPSA) is 67.4 Å². The Morgan fingerprint density at radius 2 is 1.92 bits per heavy atom. The van der Waals surface area contributed by atoms with Crippen molar-refractivity contribution in [1.29, 1.82) is 0 Å². The molecule has 2 aromatic carbocycles. The van der Waals surface area contributed by atoms with Gasteiger partial charge in [0.15, 0.2) is 0 Å². The van der Waals surface area contributed by atoms with Crippen molar-refractivity contribution in [3.8, 4) is 5.75 Å². The quantitative estimate of drug-likeness (QED) is 0.777. The van der Waals surface area contributed by atoms with E-state index in [2.05, 4.69) is 10.0 Å². The number of ether oxygens (including phenoxy) is 1. The fourth-order valence-electron chi connectivity index (χ4n) is 3.41. The van der Waals surface area contributed by atoms with Gasteiger partial charge in [0.25, 0.3) is 10.0 Å². The molecular formula is C19H23FN2O3S. The minimum absolute atomic E-state index is 0.118. The summed E-state index contributed by atoms with van der Waals surface area (Å²) in [5.74, 6) is 0.672. The first-order valence-electron chi connectivity index (χ1n) is 8.61. The molecule has 2 aromatic rings. The average molecular weight is 378 g/mol. The lowest BCUT2D eigenvalue weighted by Crippen LogP contribution is -2.36. The number of alkyl halides is 1. The first kappa shape index (κ1) is 18.7. The van der Waals surface area contributed by atoms with Gasteiger partial charge in [0, 0.05) is 23.8 Å². The second-order valence-electron chi connectivity index (χ2n) is 6.28. The molecule has 0 heterocycles. The number of rotatable bonds is 7. The van der Waals surface area contributed by atoms with E-state index in [0.717, 1.165) is 17.5 Å². The molecule has 0 bridgehead atoms. The first-order chi connectivity index (χ1) is 12.5. The molecule has 1 aliphatic rings. The standard InChI is InChI=1S/C19H23FN2O3S/c1-25-18-9-10-19(26(23,24)22-14-5-3-2-4-6-14)16-8-7-15(13-17(16)18)21-12-11-20/h2-6,9-10,15,21-22H,7-8,11-13H2,1H3/t15-/m0/s1. The van der Waals surface area contributed by atoms with E-state index in [-0.39, 0.29) is 10.9 Å². The van der Waals surface area contributed by atoms with Crippen molar-refractivity contribution in [2.45, 2.75) is 30.2 Å². The summed E-state index contributed by atoms with van der Waals surface area (Å²) in [6.07, 6.45) is 1.97. The van der Waals surface area contributed by atoms with Gasteiger partial charge in [-0.15, -0.1) is 0 Å². The fraction of sp³-hybridized carbons (Fsp3) is 0.368. The van der Waals surface area contributed by atoms with Crippen LogP contribution in [-0.4, -0.2) is 34.8 Å². The highest BCUT2D eigenvalue weighted by molar-refractivity contribution is 7.92. The third-order valence-corrected chi connectivity index (χ3v) is 6.07. The lowest BCUT2D eigenvalue weighted by atomic mass is 9.87. The van der Waals surface area contributed by atoms with Crippen molar-refractivity contribution < 1.29 is 17.5 Å². The summed E-state index contributed by atoms with van der Waals surface area (Å²) in [5, 5.41) is 3.17. The first-order valence-corrected chi connectivity index (χ1v) is 10.1. The summed E-state index contributed by atoms with van der Waals surface area (Å²) < 4.78 is 46.3. The maximum Gasteiger partial charge on any atom is 0.262 e. The van der Waals surface area contributed by atoms with Gasteiger partial charge >= 0.3 is 0 Å². The predicted molar refractivity (Wildman–Crippen MR) is 100 cm³/mol. The highest BCUT2D eigenvalue weighted by Crippen LogP contribution is 2.35. The number of methoxy groups -OCH3 is 1. The average Bonchev–Trinajstić information content (AvgIpc) is 2.65. The summed E-state index contributed by atoms with van der Waals surface area (Å²) in [7, 11) is -2.13. The zero-order chi connectivity index (χ0) is 18.6. The van der Waals surface area contributed by atoms with E-state index < -0.39 is 16.7 Å². The van der Waals surface area contributed by atoms with Gasteiger partial charge < -0.3 is 10.1 Å². The zero-order valence-electron chi connectivity index (χ0n) is 14.7. The van der Waals surface area contributed by atoms with Gasteiger partial charge in [-0.2, -0.15) is 0 Å². The van der Waals surface area contributed by atoms with E-state index in [0.29, 0.717) is 30.8 Å². The molecule has 0 aromatic heterocycles. The number of hydrogen-bond acceptors (Lipinski definition) is 4. The Kier molecular flexibility index (Phi) is 5.78. The van der Waals surface area contributed by atoms with Crippen molar-refractivity contribution in [1.82, 2.24) is 5.32 Å². The summed E-state index contributed by atoms with van der Waals surface area (Å²) in [6.45, 7) is -0.119. The molecule has 0 fully saturated rings. The van der Waals surface area contributed by atoms with Crippen LogP contribution in [0.5, 0.6) is 5.75 Å². The molecule has 0 saturated heterocycles. The van der Waals surface area contributed by atoms with E-state index in [4.69, 9.17) is 4.74 Å². The molecule has 1 aliphatic carbocycles. The summed E-state index contributed by atoms with van der Waals surface area (Å²) in [6, 6.07) is 12.2. The van der Waals surface area contributed by atoms with Crippen LogP contribution in [0.4, 0.5) is 10.1 Å². The molecule has 0 amide bonds. The maximum atomic E-state index is 12.9. The number of nitrogens with one attached hydrogen (secondary N) is 2. The van der Waals surface area contributed by atoms with E-state index in [1.807, 2.05) is 6.07 Å². The number of fused-ring (bicyclic) bond motifs is 1. The number of sulfonamides is 1. The third-order valence-electron chi connectivity index (χ3n) is 4.60. The molecule has 140 valence electrons. The minimum Gasteiger partial charge on any atom is -0.496 e. The molecule has 26 heavy (non-hydrogen) atoms. The predicted octanol–water partition coefficient (Wildman–Crippen LogP) is 2.91. The molecule has 0 saturated carbocycles. The summed E-state index contributed by atoms with van der Waals surface area (Å²) in [4.78, 5) is 0.279. The Balaban J connectivity index is 1.94. The van der Waals surface area contributed by atoms with Gasteiger partial charge in [0.05, 0.1) is 12.0 Å². The summed E-state index contributed by atoms with van der Waals surface area (Å²) in [5.41, 5.74) is 2.19. The lowest BCUT2D eigenvalue weighted by Gasteiger charge is -2.28. The maximum absolute atomic E-state index is 12.9. The second-order valence-corrected chi connectivity index (χ2v) is 7.93. The van der Waals surface area contributed by atoms with Gasteiger partial charge in [-0.25, -0.2) is 12.8 Å². The van der Waals surface area contributed by atoms with Crippen LogP contribution in [-0.2, 0) is 22.9 Å². The van der Waals surface area contributed by atoms with E-state index >= 15 is 0 Å². The number of halogens is 1. The van der Waals surface area contributed by atoms with Crippen molar-refractivity contribution in [3.05, 3.63) is 53.6 Å². The van der Waals surface area contributed by atoms with Gasteiger partial charge in [-0.05, 0) is 49.1 Å². The number of hydrogen-bond donors (Lipinski definition) is 2. The number of benzene rings is 2. The largest absolute Gasteiger partial charge is 0.496 e. The number of anilines is 1. The van der Waals surface area contributed by atoms with E-state index in [1.165, 1.54) is 0 Å². The molecule has 0 aliphatic heterocycles. The smallest absolute Gasteiger partial charge is 0.262 e. The Morgan fingerprint density at radius 3 is 2.62 bits per heavy atom. The molecule has 3 rings (SSSR count). The fourth-order valence-corrected chi connectivity index (χ4v) is 4.76. The van der Waals surface area contributed by atoms with Crippen LogP contribution in [0.1, 0.15) is 17.5 Å². The molecule has 0 spiro atoms. The molecule has 2 N–H and O–H groups in total. The normalized spacial score (nSPS) is 16.8. The van der Waals surface area contributed by atoms with Crippen LogP contribution in [0.25, 0.3) is 0 Å². The number of para-hydroxylation sites is 1. The zero-order valence-corrected chi connectivity index (χ0v) is 15.5. The van der Waals surface area contributed by atoms with Crippen LogP contribution in [0.15, 0.2) is 47.4 Å². The van der Waals surface area contributed by atoms with E-state index in [9.17, 15) is 12.8 Å². The molecule has 7 heteroatoms. The molecule has 0 unspecified atom stereocenters. The summed E-state index contributed by atoms with van der Waals surface area (Å²) >= 11 is 0. The lowest BCUT2D eigenvalue weighted by molar-refractivity contribution is 0.381. The second kappa shape index (κ2) is 8.05. The molecule has 5 nitrogen and oxygen atoms in total. The van der Waals surface area contributed by atoms with Crippen molar-refractivity contribution in [2.75, 3.05) is 25.1 Å². The highest BCUT2D eigenvalue weighted by atomic mass is 32.2. The van der Waals surface area contributed by atoms with Gasteiger partial charge in [-0.1, -0.05) is 18.2 Å². The van der Waals surface area contributed by atoms with Crippen molar-refractivity contribution in [3.63, 3.8) is 0 Å². The molecular weight excluding hydrogens is 355 g/mol. The van der Waals surface area contributed by atoms with Gasteiger partial charge in [-0.3, -0.25) is 4.72 Å². The minimum atomic E-state index is -3.70. The van der Waals surface area contributed by atoms with Gasteiger partial charge in [0.1, 0.15) is 12.4 Å². The SMILES string of the molecule is COc1ccc(S(=O)(=O)Nc2ccccc2)c2c1C[C@@H](NCCF)CC2. The van der Waals surface area contributed by atoms with Crippen molar-refractivity contribution in [2.24, 2.45) is 0 Å².